The topological polar surface area (TPSA) is 64.8 Å². The summed E-state index contributed by atoms with van der Waals surface area (Å²) in [5.41, 5.74) is 4.52. The van der Waals surface area contributed by atoms with Crippen molar-refractivity contribution in [1.82, 2.24) is 19.9 Å². The Morgan fingerprint density at radius 1 is 1.07 bits per heavy atom. The maximum atomic E-state index is 13.4. The van der Waals surface area contributed by atoms with Gasteiger partial charge in [0.15, 0.2) is 0 Å². The van der Waals surface area contributed by atoms with E-state index in [1.165, 1.54) is 17.8 Å². The number of piperidine rings is 1. The van der Waals surface area contributed by atoms with Gasteiger partial charge in [-0.25, -0.2) is 4.39 Å². The molecule has 0 bridgehead atoms. The maximum Gasteiger partial charge on any atom is 0.270 e. The summed E-state index contributed by atoms with van der Waals surface area (Å²) >= 11 is 0. The van der Waals surface area contributed by atoms with Crippen molar-refractivity contribution in [3.8, 4) is 0 Å². The molecule has 2 N–H and O–H groups in total. The first kappa shape index (κ1) is 16.1. The van der Waals surface area contributed by atoms with Crippen molar-refractivity contribution >= 4 is 27.8 Å². The summed E-state index contributed by atoms with van der Waals surface area (Å²) in [5, 5.41) is 0.721. The molecular formula is C21H19FN4O. The largest absolute Gasteiger partial charge is 0.357 e. The van der Waals surface area contributed by atoms with Gasteiger partial charge in [0.1, 0.15) is 11.5 Å². The molecule has 0 aliphatic carbocycles. The SMILES string of the molecule is O=C(c1cc2cc(F)ccc2[nH]1)N1CCC(c2cc3ncccc3[nH]2)CC1. The number of likely N-dealkylation sites (tertiary alicyclic amines) is 1. The van der Waals surface area contributed by atoms with Crippen molar-refractivity contribution in [3.63, 3.8) is 0 Å². The van der Waals surface area contributed by atoms with Gasteiger partial charge in [-0.1, -0.05) is 0 Å². The second kappa shape index (κ2) is 6.23. The standard InChI is InChI=1S/C21H19FN4O/c22-15-3-4-16-14(10-15)11-20(24-16)21(27)26-8-5-13(6-9-26)18-12-19-17(25-18)2-1-7-23-19/h1-4,7,10-13,24-25H,5-6,8-9H2. The van der Waals surface area contributed by atoms with E-state index < -0.39 is 0 Å². The van der Waals surface area contributed by atoms with E-state index in [4.69, 9.17) is 0 Å². The van der Waals surface area contributed by atoms with Crippen LogP contribution in [0.5, 0.6) is 0 Å². The van der Waals surface area contributed by atoms with Gasteiger partial charge in [0.25, 0.3) is 5.91 Å². The lowest BCUT2D eigenvalue weighted by molar-refractivity contribution is 0.0707. The number of nitrogens with one attached hydrogen (secondary N) is 2. The molecule has 1 amide bonds. The van der Waals surface area contributed by atoms with Crippen molar-refractivity contribution in [1.29, 1.82) is 0 Å². The van der Waals surface area contributed by atoms with Crippen LogP contribution in [0.4, 0.5) is 4.39 Å². The molecule has 1 saturated heterocycles. The molecule has 0 spiro atoms. The molecule has 1 aromatic carbocycles. The van der Waals surface area contributed by atoms with Crippen LogP contribution in [0.3, 0.4) is 0 Å². The van der Waals surface area contributed by atoms with Gasteiger partial charge >= 0.3 is 0 Å². The van der Waals surface area contributed by atoms with E-state index in [1.54, 1.807) is 18.3 Å². The normalized spacial score (nSPS) is 15.7. The Balaban J connectivity index is 1.31. The Bertz CT molecular complexity index is 1100. The van der Waals surface area contributed by atoms with Crippen LogP contribution >= 0.6 is 0 Å². The Labute approximate surface area is 155 Å². The summed E-state index contributed by atoms with van der Waals surface area (Å²) in [7, 11) is 0. The number of aromatic amines is 2. The summed E-state index contributed by atoms with van der Waals surface area (Å²) in [6, 6.07) is 12.3. The lowest BCUT2D eigenvalue weighted by Gasteiger charge is -2.31. The minimum absolute atomic E-state index is 0.0247. The monoisotopic (exact) mass is 362 g/mol. The van der Waals surface area contributed by atoms with Crippen molar-refractivity contribution in [2.45, 2.75) is 18.8 Å². The average molecular weight is 362 g/mol. The number of amides is 1. The molecule has 6 heteroatoms. The molecular weight excluding hydrogens is 343 g/mol. The van der Waals surface area contributed by atoms with Gasteiger partial charge in [0, 0.05) is 41.8 Å². The predicted molar refractivity (Wildman–Crippen MR) is 102 cm³/mol. The summed E-state index contributed by atoms with van der Waals surface area (Å²) < 4.78 is 13.4. The van der Waals surface area contributed by atoms with Crippen LogP contribution in [0.15, 0.2) is 48.7 Å². The van der Waals surface area contributed by atoms with Crippen LogP contribution < -0.4 is 0 Å². The molecule has 4 aromatic rings. The van der Waals surface area contributed by atoms with E-state index in [-0.39, 0.29) is 11.7 Å². The van der Waals surface area contributed by atoms with Gasteiger partial charge < -0.3 is 14.9 Å². The first-order valence-electron chi connectivity index (χ1n) is 9.18. The minimum atomic E-state index is -0.297. The molecule has 0 atom stereocenters. The lowest BCUT2D eigenvalue weighted by atomic mass is 9.93. The quantitative estimate of drug-likeness (QED) is 0.561. The number of H-pyrrole nitrogens is 2. The van der Waals surface area contributed by atoms with Crippen LogP contribution in [0.1, 0.15) is 34.9 Å². The smallest absolute Gasteiger partial charge is 0.270 e. The molecule has 5 nitrogen and oxygen atoms in total. The second-order valence-electron chi connectivity index (χ2n) is 7.14. The molecule has 5 rings (SSSR count). The van der Waals surface area contributed by atoms with E-state index >= 15 is 0 Å². The van der Waals surface area contributed by atoms with E-state index in [0.29, 0.717) is 24.7 Å². The van der Waals surface area contributed by atoms with Crippen LogP contribution in [-0.4, -0.2) is 38.8 Å². The Hall–Kier alpha value is -3.15. The Morgan fingerprint density at radius 2 is 1.93 bits per heavy atom. The number of carbonyl (C=O) groups is 1. The van der Waals surface area contributed by atoms with Crippen LogP contribution in [0.25, 0.3) is 21.9 Å². The molecule has 27 heavy (non-hydrogen) atoms. The molecule has 1 aliphatic heterocycles. The van der Waals surface area contributed by atoms with E-state index in [9.17, 15) is 9.18 Å². The number of aromatic nitrogens is 3. The number of carbonyl (C=O) groups excluding carboxylic acids is 1. The first-order valence-corrected chi connectivity index (χ1v) is 9.18. The third-order valence-corrected chi connectivity index (χ3v) is 5.44. The first-order chi connectivity index (χ1) is 13.2. The van der Waals surface area contributed by atoms with Gasteiger partial charge in [-0.3, -0.25) is 9.78 Å². The fourth-order valence-corrected chi connectivity index (χ4v) is 3.98. The Morgan fingerprint density at radius 3 is 2.74 bits per heavy atom. The van der Waals surface area contributed by atoms with Gasteiger partial charge in [0.2, 0.25) is 0 Å². The average Bonchev–Trinajstić information content (AvgIpc) is 3.31. The summed E-state index contributed by atoms with van der Waals surface area (Å²) in [6.07, 6.45) is 3.62. The summed E-state index contributed by atoms with van der Waals surface area (Å²) in [4.78, 5) is 25.6. The summed E-state index contributed by atoms with van der Waals surface area (Å²) in [6.45, 7) is 1.41. The lowest BCUT2D eigenvalue weighted by Crippen LogP contribution is -2.38. The maximum absolute atomic E-state index is 13.4. The van der Waals surface area contributed by atoms with Crippen LogP contribution in [0.2, 0.25) is 0 Å². The number of benzene rings is 1. The molecule has 1 aliphatic rings. The molecule has 4 heterocycles. The zero-order valence-electron chi connectivity index (χ0n) is 14.7. The third kappa shape index (κ3) is 2.87. The highest BCUT2D eigenvalue weighted by Crippen LogP contribution is 2.30. The highest BCUT2D eigenvalue weighted by atomic mass is 19.1. The van der Waals surface area contributed by atoms with Gasteiger partial charge in [-0.15, -0.1) is 0 Å². The highest BCUT2D eigenvalue weighted by molar-refractivity contribution is 5.98. The van der Waals surface area contributed by atoms with Gasteiger partial charge in [0.05, 0.1) is 11.0 Å². The number of pyridine rings is 1. The van der Waals surface area contributed by atoms with Crippen molar-refractivity contribution < 1.29 is 9.18 Å². The molecule has 0 radical (unpaired) electrons. The van der Waals surface area contributed by atoms with Crippen LogP contribution in [0, 0.1) is 5.82 Å². The second-order valence-corrected chi connectivity index (χ2v) is 7.14. The van der Waals surface area contributed by atoms with Crippen molar-refractivity contribution in [3.05, 3.63) is 65.9 Å². The minimum Gasteiger partial charge on any atom is -0.357 e. The number of nitrogens with zero attached hydrogens (tertiary/aromatic N) is 2. The fraction of sp³-hybridized carbons (Fsp3) is 0.238. The molecule has 136 valence electrons. The predicted octanol–water partition coefficient (Wildman–Crippen LogP) is 4.20. The molecule has 3 aromatic heterocycles. The highest BCUT2D eigenvalue weighted by Gasteiger charge is 2.26. The zero-order valence-corrected chi connectivity index (χ0v) is 14.7. The van der Waals surface area contributed by atoms with Crippen molar-refractivity contribution in [2.75, 3.05) is 13.1 Å². The summed E-state index contributed by atoms with van der Waals surface area (Å²) in [5.74, 6) is 0.0811. The van der Waals surface area contributed by atoms with Gasteiger partial charge in [-0.2, -0.15) is 0 Å². The van der Waals surface area contributed by atoms with Crippen LogP contribution in [-0.2, 0) is 0 Å². The van der Waals surface area contributed by atoms with E-state index in [0.717, 1.165) is 34.8 Å². The third-order valence-electron chi connectivity index (χ3n) is 5.44. The molecule has 0 unspecified atom stereocenters. The fourth-order valence-electron chi connectivity index (χ4n) is 3.98. The Kier molecular flexibility index (Phi) is 3.70. The number of halogens is 1. The number of fused-ring (bicyclic) bond motifs is 2. The van der Waals surface area contributed by atoms with E-state index in [1.807, 2.05) is 17.0 Å². The molecule has 1 fully saturated rings. The number of hydrogen-bond donors (Lipinski definition) is 2. The van der Waals surface area contributed by atoms with Crippen molar-refractivity contribution in [2.24, 2.45) is 0 Å². The van der Waals surface area contributed by atoms with E-state index in [2.05, 4.69) is 21.0 Å². The number of hydrogen-bond acceptors (Lipinski definition) is 2. The molecule has 0 saturated carbocycles. The number of rotatable bonds is 2. The van der Waals surface area contributed by atoms with Gasteiger partial charge in [-0.05, 0) is 55.3 Å². The zero-order chi connectivity index (χ0) is 18.4.